The van der Waals surface area contributed by atoms with Crippen molar-refractivity contribution in [1.82, 2.24) is 4.31 Å². The molecule has 1 aromatic carbocycles. The Labute approximate surface area is 113 Å². The molecule has 0 spiro atoms. The maximum absolute atomic E-state index is 12.7. The molecule has 1 atom stereocenters. The van der Waals surface area contributed by atoms with E-state index < -0.39 is 10.0 Å². The minimum absolute atomic E-state index is 0.188. The number of nitrogens with zero attached hydrogens (tertiary/aromatic N) is 1. The summed E-state index contributed by atoms with van der Waals surface area (Å²) < 4.78 is 42.8. The minimum Gasteiger partial charge on any atom is -0.493 e. The van der Waals surface area contributed by atoms with E-state index in [1.807, 2.05) is 0 Å². The summed E-state index contributed by atoms with van der Waals surface area (Å²) in [5, 5.41) is 0. The summed E-state index contributed by atoms with van der Waals surface area (Å²) in [6, 6.07) is 5.84. The number of rotatable bonds is 4. The van der Waals surface area contributed by atoms with Crippen molar-refractivity contribution in [2.24, 2.45) is 5.92 Å². The Morgan fingerprint density at radius 3 is 2.68 bits per heavy atom. The lowest BCUT2D eigenvalue weighted by Crippen LogP contribution is -2.40. The van der Waals surface area contributed by atoms with Crippen LogP contribution in [0.1, 0.15) is 12.8 Å². The van der Waals surface area contributed by atoms with Gasteiger partial charge in [-0.05, 0) is 37.1 Å². The van der Waals surface area contributed by atoms with Crippen molar-refractivity contribution in [3.05, 3.63) is 30.1 Å². The van der Waals surface area contributed by atoms with Crippen LogP contribution in [-0.2, 0) is 10.0 Å². The predicted octanol–water partition coefficient (Wildman–Crippen LogP) is 1.88. The Morgan fingerprint density at radius 2 is 2.05 bits per heavy atom. The molecular formula is C13H18FNO3S. The van der Waals surface area contributed by atoms with Gasteiger partial charge in [-0.2, -0.15) is 0 Å². The first-order chi connectivity index (χ1) is 8.95. The molecule has 0 aromatic heterocycles. The Hall–Kier alpha value is -1.14. The number of hydrogen-bond donors (Lipinski definition) is 0. The van der Waals surface area contributed by atoms with Gasteiger partial charge in [-0.25, -0.2) is 17.1 Å². The first-order valence-corrected chi connectivity index (χ1v) is 8.13. The third kappa shape index (κ3) is 4.18. The first-order valence-electron chi connectivity index (χ1n) is 6.28. The van der Waals surface area contributed by atoms with Crippen molar-refractivity contribution >= 4 is 10.0 Å². The monoisotopic (exact) mass is 287 g/mol. The zero-order valence-electron chi connectivity index (χ0n) is 10.9. The molecule has 2 rings (SSSR count). The summed E-state index contributed by atoms with van der Waals surface area (Å²) in [6.07, 6.45) is 3.04. The molecule has 1 aliphatic heterocycles. The molecule has 0 radical (unpaired) electrons. The third-order valence-electron chi connectivity index (χ3n) is 3.25. The van der Waals surface area contributed by atoms with E-state index in [2.05, 4.69) is 0 Å². The topological polar surface area (TPSA) is 46.6 Å². The number of benzene rings is 1. The highest BCUT2D eigenvalue weighted by molar-refractivity contribution is 7.88. The van der Waals surface area contributed by atoms with Gasteiger partial charge in [-0.1, -0.05) is 0 Å². The van der Waals surface area contributed by atoms with Gasteiger partial charge in [0.2, 0.25) is 10.0 Å². The number of halogens is 1. The minimum atomic E-state index is -3.12. The van der Waals surface area contributed by atoms with E-state index in [1.165, 1.54) is 22.7 Å². The van der Waals surface area contributed by atoms with Gasteiger partial charge in [0.25, 0.3) is 0 Å². The van der Waals surface area contributed by atoms with Crippen LogP contribution in [0.4, 0.5) is 4.39 Å². The largest absolute Gasteiger partial charge is 0.493 e. The molecule has 1 saturated heterocycles. The quantitative estimate of drug-likeness (QED) is 0.849. The molecule has 1 aliphatic rings. The molecule has 0 amide bonds. The Kier molecular flexibility index (Phi) is 4.42. The number of sulfonamides is 1. The van der Waals surface area contributed by atoms with Crippen LogP contribution >= 0.6 is 0 Å². The molecule has 6 heteroatoms. The molecule has 19 heavy (non-hydrogen) atoms. The van der Waals surface area contributed by atoms with Gasteiger partial charge in [0, 0.05) is 19.0 Å². The number of hydrogen-bond acceptors (Lipinski definition) is 3. The van der Waals surface area contributed by atoms with E-state index in [0.29, 0.717) is 25.4 Å². The fraction of sp³-hybridized carbons (Fsp3) is 0.538. The Balaban J connectivity index is 1.87. The molecule has 4 nitrogen and oxygen atoms in total. The fourth-order valence-corrected chi connectivity index (χ4v) is 3.15. The van der Waals surface area contributed by atoms with Crippen LogP contribution in [0, 0.1) is 11.7 Å². The highest BCUT2D eigenvalue weighted by atomic mass is 32.2. The smallest absolute Gasteiger partial charge is 0.211 e. The molecule has 0 saturated carbocycles. The molecule has 0 N–H and O–H groups in total. The summed E-state index contributed by atoms with van der Waals surface area (Å²) in [5.41, 5.74) is 0. The second kappa shape index (κ2) is 5.88. The van der Waals surface area contributed by atoms with Crippen molar-refractivity contribution in [2.45, 2.75) is 12.8 Å². The number of piperidine rings is 1. The van der Waals surface area contributed by atoms with Gasteiger partial charge in [-0.15, -0.1) is 0 Å². The van der Waals surface area contributed by atoms with Crippen molar-refractivity contribution in [3.8, 4) is 5.75 Å². The molecule has 1 fully saturated rings. The van der Waals surface area contributed by atoms with Gasteiger partial charge >= 0.3 is 0 Å². The van der Waals surface area contributed by atoms with Crippen LogP contribution in [-0.4, -0.2) is 38.7 Å². The first kappa shape index (κ1) is 14.3. The second-order valence-electron chi connectivity index (χ2n) is 4.89. The molecule has 0 aliphatic carbocycles. The van der Waals surface area contributed by atoms with Gasteiger partial charge in [0.05, 0.1) is 12.9 Å². The van der Waals surface area contributed by atoms with E-state index >= 15 is 0 Å². The van der Waals surface area contributed by atoms with Crippen molar-refractivity contribution in [3.63, 3.8) is 0 Å². The second-order valence-corrected chi connectivity index (χ2v) is 6.88. The van der Waals surface area contributed by atoms with Crippen molar-refractivity contribution in [2.75, 3.05) is 26.0 Å². The Bertz CT molecular complexity index is 515. The molecule has 0 bridgehead atoms. The van der Waals surface area contributed by atoms with Crippen LogP contribution in [0.3, 0.4) is 0 Å². The van der Waals surface area contributed by atoms with Crippen LogP contribution in [0.5, 0.6) is 5.75 Å². The lowest BCUT2D eigenvalue weighted by Gasteiger charge is -2.30. The van der Waals surface area contributed by atoms with E-state index in [4.69, 9.17) is 4.74 Å². The lowest BCUT2D eigenvalue weighted by atomic mass is 10.0. The van der Waals surface area contributed by atoms with Crippen LogP contribution < -0.4 is 4.74 Å². The molecule has 1 aromatic rings. The number of ether oxygens (including phenoxy) is 1. The van der Waals surface area contributed by atoms with Gasteiger partial charge in [-0.3, -0.25) is 0 Å². The van der Waals surface area contributed by atoms with Crippen molar-refractivity contribution in [1.29, 1.82) is 0 Å². The summed E-state index contributed by atoms with van der Waals surface area (Å²) >= 11 is 0. The van der Waals surface area contributed by atoms with Gasteiger partial charge in [0.15, 0.2) is 0 Å². The highest BCUT2D eigenvalue weighted by Gasteiger charge is 2.26. The maximum atomic E-state index is 12.7. The van der Waals surface area contributed by atoms with Gasteiger partial charge < -0.3 is 4.74 Å². The van der Waals surface area contributed by atoms with Gasteiger partial charge in [0.1, 0.15) is 11.6 Å². The normalized spacial score (nSPS) is 21.3. The zero-order valence-corrected chi connectivity index (χ0v) is 11.7. The van der Waals surface area contributed by atoms with E-state index in [9.17, 15) is 12.8 Å². The van der Waals surface area contributed by atoms with Crippen LogP contribution in [0.25, 0.3) is 0 Å². The lowest BCUT2D eigenvalue weighted by molar-refractivity contribution is 0.180. The molecule has 106 valence electrons. The summed E-state index contributed by atoms with van der Waals surface area (Å²) in [5.74, 6) is 0.500. The average Bonchev–Trinajstić information content (AvgIpc) is 2.37. The summed E-state index contributed by atoms with van der Waals surface area (Å²) in [6.45, 7) is 1.55. The fourth-order valence-electron chi connectivity index (χ4n) is 2.21. The molecular weight excluding hydrogens is 269 g/mol. The van der Waals surface area contributed by atoms with E-state index in [0.717, 1.165) is 12.8 Å². The highest BCUT2D eigenvalue weighted by Crippen LogP contribution is 2.20. The maximum Gasteiger partial charge on any atom is 0.211 e. The summed E-state index contributed by atoms with van der Waals surface area (Å²) in [4.78, 5) is 0. The Morgan fingerprint density at radius 1 is 1.37 bits per heavy atom. The van der Waals surface area contributed by atoms with Crippen LogP contribution in [0.15, 0.2) is 24.3 Å². The SMILES string of the molecule is CS(=O)(=O)N1CCCC(COc2ccc(F)cc2)C1. The van der Waals surface area contributed by atoms with E-state index in [-0.39, 0.29) is 11.7 Å². The van der Waals surface area contributed by atoms with Crippen molar-refractivity contribution < 1.29 is 17.5 Å². The van der Waals surface area contributed by atoms with Crippen LogP contribution in [0.2, 0.25) is 0 Å². The average molecular weight is 287 g/mol. The third-order valence-corrected chi connectivity index (χ3v) is 4.52. The standard InChI is InChI=1S/C13H18FNO3S/c1-19(16,17)15-8-2-3-11(9-15)10-18-13-6-4-12(14)5-7-13/h4-7,11H,2-3,8-10H2,1H3. The molecule has 1 heterocycles. The van der Waals surface area contributed by atoms with E-state index in [1.54, 1.807) is 12.1 Å². The molecule has 1 unspecified atom stereocenters. The predicted molar refractivity (Wildman–Crippen MR) is 71.0 cm³/mol. The summed E-state index contributed by atoms with van der Waals surface area (Å²) in [7, 11) is -3.12. The zero-order chi connectivity index (χ0) is 13.9.